The Hall–Kier alpha value is -2.83. The number of nitrogens with zero attached hydrogens (tertiary/aromatic N) is 1. The summed E-state index contributed by atoms with van der Waals surface area (Å²) in [4.78, 5) is 15.3. The number of methoxy groups -OCH3 is 1. The Morgan fingerprint density at radius 1 is 1.18 bits per heavy atom. The number of carboxylic acid groups (broad SMARTS) is 1. The van der Waals surface area contributed by atoms with Crippen molar-refractivity contribution in [2.75, 3.05) is 23.7 Å². The highest BCUT2D eigenvalue weighted by Crippen LogP contribution is 2.37. The second-order valence-corrected chi connectivity index (χ2v) is 11.9. The Morgan fingerprint density at radius 3 is 2.45 bits per heavy atom. The molecule has 0 saturated heterocycles. The van der Waals surface area contributed by atoms with Crippen molar-refractivity contribution in [2.24, 2.45) is 5.92 Å². The topological polar surface area (TPSA) is 101 Å². The van der Waals surface area contributed by atoms with Gasteiger partial charge in [0.25, 0.3) is 0 Å². The molecular weight excluding hydrogens is 587 g/mol. The van der Waals surface area contributed by atoms with Crippen LogP contribution in [0.2, 0.25) is 5.02 Å². The molecule has 218 valence electrons. The number of aromatic nitrogens is 1. The molecule has 3 aromatic rings. The number of anilines is 2. The highest BCUT2D eigenvalue weighted by atomic mass is 35.5. The molecule has 1 heterocycles. The zero-order valence-electron chi connectivity index (χ0n) is 22.2. The third-order valence-electron chi connectivity index (χ3n) is 6.30. The third kappa shape index (κ3) is 8.84. The lowest BCUT2D eigenvalue weighted by molar-refractivity contribution is -0.192. The van der Waals surface area contributed by atoms with E-state index in [1.165, 1.54) is 32.1 Å². The monoisotopic (exact) mass is 617 g/mol. The van der Waals surface area contributed by atoms with Gasteiger partial charge in [0.15, 0.2) is 16.1 Å². The van der Waals surface area contributed by atoms with Crippen LogP contribution in [-0.2, 0) is 15.8 Å². The maximum absolute atomic E-state index is 13.2. The second-order valence-electron chi connectivity index (χ2n) is 9.32. The van der Waals surface area contributed by atoms with Crippen molar-refractivity contribution in [3.63, 3.8) is 0 Å². The Morgan fingerprint density at radius 2 is 1.85 bits per heavy atom. The molecule has 1 fully saturated rings. The van der Waals surface area contributed by atoms with E-state index in [4.69, 9.17) is 31.2 Å². The number of benzene rings is 2. The van der Waals surface area contributed by atoms with Crippen LogP contribution in [0.15, 0.2) is 41.3 Å². The van der Waals surface area contributed by atoms with E-state index in [2.05, 4.69) is 10.0 Å². The summed E-state index contributed by atoms with van der Waals surface area (Å²) < 4.78 is 53.5. The highest BCUT2D eigenvalue weighted by Gasteiger charge is 2.38. The van der Waals surface area contributed by atoms with Crippen molar-refractivity contribution in [1.29, 1.82) is 0 Å². The number of ether oxygens (including phenoxy) is 1. The average Bonchev–Trinajstić information content (AvgIpc) is 3.30. The minimum Gasteiger partial charge on any atom is -0.495 e. The molecule has 0 amide bonds. The molecule has 2 aromatic carbocycles. The van der Waals surface area contributed by atoms with Crippen molar-refractivity contribution >= 4 is 50.7 Å². The standard InChI is InChI=1S/C25H30ClN3O2S2.C2HF3O2/c1-16-13-20(10-11-21(16)26)29-33(30)23-14-19(9-12-22(23)31-3)24-17(2)28-25(32-24)27-15-18-7-5-4-6-8-18;3-2(4,5)1(6)7/h9-14,18,29H,4-8,15H2,1-3H3,(H,27,28);(H,6,7). The third-order valence-corrected chi connectivity index (χ3v) is 9.03. The number of alkyl halides is 3. The van der Waals surface area contributed by atoms with Gasteiger partial charge in [-0.3, -0.25) is 0 Å². The van der Waals surface area contributed by atoms with Crippen LogP contribution in [0, 0.1) is 19.8 Å². The highest BCUT2D eigenvalue weighted by molar-refractivity contribution is 7.86. The number of nitrogens with one attached hydrogen (secondary N) is 2. The zero-order valence-corrected chi connectivity index (χ0v) is 24.6. The summed E-state index contributed by atoms with van der Waals surface area (Å²) in [6.07, 6.45) is 1.56. The Balaban J connectivity index is 0.000000559. The van der Waals surface area contributed by atoms with Gasteiger partial charge in [-0.15, -0.1) is 0 Å². The molecule has 3 N–H and O–H groups in total. The van der Waals surface area contributed by atoms with Crippen LogP contribution in [-0.4, -0.2) is 40.1 Å². The number of aliphatic carboxylic acids is 1. The Kier molecular flexibility index (Phi) is 11.2. The van der Waals surface area contributed by atoms with Crippen LogP contribution in [0.25, 0.3) is 10.4 Å². The first kappa shape index (κ1) is 31.7. The van der Waals surface area contributed by atoms with Gasteiger partial charge in [-0.2, -0.15) is 13.2 Å². The molecule has 4 rings (SSSR count). The zero-order chi connectivity index (χ0) is 29.4. The molecule has 1 saturated carbocycles. The number of aryl methyl sites for hydroxylation is 2. The minimum atomic E-state index is -5.08. The number of thiazole rings is 1. The van der Waals surface area contributed by atoms with E-state index in [1.54, 1.807) is 24.5 Å². The number of rotatable bonds is 8. The van der Waals surface area contributed by atoms with E-state index in [-0.39, 0.29) is 0 Å². The lowest BCUT2D eigenvalue weighted by Crippen LogP contribution is -2.21. The average molecular weight is 618 g/mol. The van der Waals surface area contributed by atoms with Gasteiger partial charge in [0.05, 0.1) is 17.7 Å². The largest absolute Gasteiger partial charge is 0.495 e. The van der Waals surface area contributed by atoms with Gasteiger partial charge in [0, 0.05) is 17.3 Å². The number of halogens is 4. The van der Waals surface area contributed by atoms with Crippen LogP contribution in [0.1, 0.15) is 43.4 Å². The molecule has 0 aliphatic heterocycles. The fourth-order valence-electron chi connectivity index (χ4n) is 4.20. The first-order chi connectivity index (χ1) is 18.9. The number of carboxylic acids is 1. The molecule has 1 aliphatic carbocycles. The molecule has 1 unspecified atom stereocenters. The van der Waals surface area contributed by atoms with Crippen LogP contribution < -0.4 is 14.8 Å². The van der Waals surface area contributed by atoms with Crippen LogP contribution in [0.3, 0.4) is 0 Å². The first-order valence-corrected chi connectivity index (χ1v) is 14.9. The van der Waals surface area contributed by atoms with E-state index in [9.17, 15) is 17.4 Å². The molecule has 0 spiro atoms. The fourth-order valence-corrected chi connectivity index (χ4v) is 6.30. The normalized spacial score (nSPS) is 14.6. The quantitative estimate of drug-likeness (QED) is 0.238. The van der Waals surface area contributed by atoms with Gasteiger partial charge >= 0.3 is 12.1 Å². The van der Waals surface area contributed by atoms with E-state index >= 15 is 0 Å². The van der Waals surface area contributed by atoms with Crippen molar-refractivity contribution in [1.82, 2.24) is 4.98 Å². The summed E-state index contributed by atoms with van der Waals surface area (Å²) in [5, 5.41) is 12.3. The molecule has 0 bridgehead atoms. The predicted octanol–water partition coefficient (Wildman–Crippen LogP) is 7.85. The second kappa shape index (κ2) is 14.2. The summed E-state index contributed by atoms with van der Waals surface area (Å²) in [6.45, 7) is 4.92. The van der Waals surface area contributed by atoms with Gasteiger partial charge in [-0.25, -0.2) is 14.0 Å². The Bertz CT molecular complexity index is 1350. The van der Waals surface area contributed by atoms with E-state index in [1.807, 2.05) is 44.2 Å². The molecule has 1 atom stereocenters. The lowest BCUT2D eigenvalue weighted by Gasteiger charge is -2.21. The summed E-state index contributed by atoms with van der Waals surface area (Å²) in [6, 6.07) is 11.3. The van der Waals surface area contributed by atoms with Crippen molar-refractivity contribution in [2.45, 2.75) is 57.0 Å². The number of hydrogen-bond acceptors (Lipinski definition) is 6. The lowest BCUT2D eigenvalue weighted by atomic mass is 9.89. The molecule has 7 nitrogen and oxygen atoms in total. The summed E-state index contributed by atoms with van der Waals surface area (Å²) in [5.74, 6) is -1.44. The molecule has 0 radical (unpaired) electrons. The minimum absolute atomic E-state index is 0.577. The van der Waals surface area contributed by atoms with Crippen LogP contribution >= 0.6 is 22.9 Å². The Labute approximate surface area is 242 Å². The molecule has 13 heteroatoms. The molecule has 40 heavy (non-hydrogen) atoms. The molecule has 1 aromatic heterocycles. The van der Waals surface area contributed by atoms with Crippen LogP contribution in [0.4, 0.5) is 24.0 Å². The van der Waals surface area contributed by atoms with E-state index in [0.29, 0.717) is 15.7 Å². The summed E-state index contributed by atoms with van der Waals surface area (Å²) >= 11 is 7.77. The van der Waals surface area contributed by atoms with Gasteiger partial charge in [0.2, 0.25) is 0 Å². The maximum atomic E-state index is 13.2. The first-order valence-electron chi connectivity index (χ1n) is 12.5. The SMILES string of the molecule is COc1ccc(-c2sc(NCC3CCCCC3)nc2C)cc1S(=O)Nc1ccc(Cl)c(C)c1.O=C(O)C(F)(F)F. The van der Waals surface area contributed by atoms with E-state index < -0.39 is 23.1 Å². The summed E-state index contributed by atoms with van der Waals surface area (Å²) in [7, 11) is 0.0898. The van der Waals surface area contributed by atoms with E-state index in [0.717, 1.165) is 45.0 Å². The van der Waals surface area contributed by atoms with Gasteiger partial charge in [0.1, 0.15) is 10.6 Å². The van der Waals surface area contributed by atoms with Crippen LogP contribution in [0.5, 0.6) is 5.75 Å². The fraction of sp³-hybridized carbons (Fsp3) is 0.407. The molecule has 1 aliphatic rings. The predicted molar refractivity (Wildman–Crippen MR) is 154 cm³/mol. The smallest absolute Gasteiger partial charge is 0.490 e. The molecular formula is C27H31ClF3N3O4S2. The van der Waals surface area contributed by atoms with Crippen molar-refractivity contribution < 1.29 is 32.0 Å². The van der Waals surface area contributed by atoms with Crippen molar-refractivity contribution in [3.8, 4) is 16.2 Å². The number of carbonyl (C=O) groups is 1. The van der Waals surface area contributed by atoms with Gasteiger partial charge in [-0.05, 0) is 80.1 Å². The van der Waals surface area contributed by atoms with Crippen molar-refractivity contribution in [3.05, 3.63) is 52.7 Å². The van der Waals surface area contributed by atoms with Gasteiger partial charge in [-0.1, -0.05) is 42.2 Å². The van der Waals surface area contributed by atoms with Gasteiger partial charge < -0.3 is 19.9 Å². The maximum Gasteiger partial charge on any atom is 0.490 e. The summed E-state index contributed by atoms with van der Waals surface area (Å²) in [5.41, 5.74) is 3.61. The number of hydrogen-bond donors (Lipinski definition) is 3.